The number of rotatable bonds is 2. The highest BCUT2D eigenvalue weighted by Gasteiger charge is 2.19. The van der Waals surface area contributed by atoms with Crippen LogP contribution in [0.4, 0.5) is 0 Å². The van der Waals surface area contributed by atoms with Gasteiger partial charge in [0.1, 0.15) is 17.1 Å². The van der Waals surface area contributed by atoms with Gasteiger partial charge in [0, 0.05) is 5.39 Å². The number of furan rings is 2. The van der Waals surface area contributed by atoms with E-state index in [1.165, 1.54) is 0 Å². The fourth-order valence-electron chi connectivity index (χ4n) is 1.98. The summed E-state index contributed by atoms with van der Waals surface area (Å²) in [6.45, 7) is 1.98. The van der Waals surface area contributed by atoms with Crippen molar-refractivity contribution in [1.29, 1.82) is 0 Å². The second-order valence-electron chi connectivity index (χ2n) is 4.19. The van der Waals surface area contributed by atoms with Crippen molar-refractivity contribution in [3.63, 3.8) is 0 Å². The van der Waals surface area contributed by atoms with Gasteiger partial charge in [-0.15, -0.1) is 0 Å². The van der Waals surface area contributed by atoms with Gasteiger partial charge in [-0.1, -0.05) is 18.2 Å². The summed E-state index contributed by atoms with van der Waals surface area (Å²) in [4.78, 5) is 0. The van der Waals surface area contributed by atoms with Crippen LogP contribution in [-0.4, -0.2) is 5.11 Å². The molecule has 1 N–H and O–H groups in total. The highest BCUT2D eigenvalue weighted by atomic mass is 79.9. The van der Waals surface area contributed by atoms with Gasteiger partial charge in [-0.3, -0.25) is 0 Å². The maximum Gasteiger partial charge on any atom is 0.169 e. The topological polar surface area (TPSA) is 46.5 Å². The van der Waals surface area contributed by atoms with Crippen LogP contribution in [0.1, 0.15) is 23.2 Å². The van der Waals surface area contributed by atoms with Crippen molar-refractivity contribution >= 4 is 26.9 Å². The highest BCUT2D eigenvalue weighted by Crippen LogP contribution is 2.31. The van der Waals surface area contributed by atoms with Gasteiger partial charge in [0.05, 0.1) is 0 Å². The summed E-state index contributed by atoms with van der Waals surface area (Å²) in [5, 5.41) is 11.2. The Labute approximate surface area is 112 Å². The van der Waals surface area contributed by atoms with Crippen LogP contribution in [-0.2, 0) is 0 Å². The molecule has 18 heavy (non-hydrogen) atoms. The largest absolute Gasteiger partial charge is 0.458 e. The smallest absolute Gasteiger partial charge is 0.169 e. The summed E-state index contributed by atoms with van der Waals surface area (Å²) < 4.78 is 11.6. The monoisotopic (exact) mass is 306 g/mol. The summed E-state index contributed by atoms with van der Waals surface area (Å²) in [6.07, 6.45) is -0.886. The Balaban J connectivity index is 2.06. The molecule has 0 aliphatic rings. The summed E-state index contributed by atoms with van der Waals surface area (Å²) in [5.74, 6) is 0.944. The minimum Gasteiger partial charge on any atom is -0.458 e. The second kappa shape index (κ2) is 4.30. The molecule has 3 rings (SSSR count). The van der Waals surface area contributed by atoms with E-state index in [1.807, 2.05) is 31.2 Å². The fourth-order valence-corrected chi connectivity index (χ4v) is 2.30. The van der Waals surface area contributed by atoms with Gasteiger partial charge >= 0.3 is 0 Å². The van der Waals surface area contributed by atoms with Crippen molar-refractivity contribution in [2.24, 2.45) is 0 Å². The molecule has 0 aliphatic heterocycles. The van der Waals surface area contributed by atoms with Crippen LogP contribution < -0.4 is 0 Å². The van der Waals surface area contributed by atoms with Crippen molar-refractivity contribution in [3.8, 4) is 0 Å². The Morgan fingerprint density at radius 1 is 1.11 bits per heavy atom. The summed E-state index contributed by atoms with van der Waals surface area (Å²) in [5.41, 5.74) is 1.85. The number of aryl methyl sites for hydroxylation is 1. The minimum atomic E-state index is -0.886. The predicted octanol–water partition coefficient (Wildman–Crippen LogP) is 4.18. The highest BCUT2D eigenvalue weighted by molar-refractivity contribution is 9.10. The van der Waals surface area contributed by atoms with Gasteiger partial charge in [0.15, 0.2) is 10.8 Å². The van der Waals surface area contributed by atoms with Crippen LogP contribution in [0.25, 0.3) is 11.0 Å². The molecular weight excluding hydrogens is 296 g/mol. The maximum atomic E-state index is 10.2. The molecule has 1 aromatic carbocycles. The number of aliphatic hydroxyl groups excluding tert-OH is 1. The molecule has 0 aliphatic carbocycles. The van der Waals surface area contributed by atoms with Gasteiger partial charge in [0.25, 0.3) is 0 Å². The SMILES string of the molecule is Cc1cccc2cc(C(O)c3ccc(Br)o3)oc12. The molecule has 0 radical (unpaired) electrons. The third kappa shape index (κ3) is 1.87. The maximum absolute atomic E-state index is 10.2. The van der Waals surface area contributed by atoms with Gasteiger partial charge in [-0.05, 0) is 46.6 Å². The molecule has 92 valence electrons. The standard InChI is InChI=1S/C14H11BrO3/c1-8-3-2-4-9-7-11(18-14(8)9)13(16)10-5-6-12(15)17-10/h2-7,13,16H,1H3. The molecule has 1 atom stereocenters. The van der Waals surface area contributed by atoms with Crippen LogP contribution in [0.5, 0.6) is 0 Å². The quantitative estimate of drug-likeness (QED) is 0.772. The Morgan fingerprint density at radius 3 is 2.61 bits per heavy atom. The summed E-state index contributed by atoms with van der Waals surface area (Å²) in [6, 6.07) is 11.2. The molecule has 2 aromatic heterocycles. The molecule has 0 saturated carbocycles. The predicted molar refractivity (Wildman–Crippen MR) is 71.4 cm³/mol. The third-order valence-electron chi connectivity index (χ3n) is 2.89. The summed E-state index contributed by atoms with van der Waals surface area (Å²) >= 11 is 3.21. The van der Waals surface area contributed by atoms with Gasteiger partial charge < -0.3 is 13.9 Å². The normalized spacial score (nSPS) is 13.1. The number of fused-ring (bicyclic) bond motifs is 1. The molecular formula is C14H11BrO3. The Hall–Kier alpha value is -1.52. The van der Waals surface area contributed by atoms with E-state index in [9.17, 15) is 5.11 Å². The molecule has 0 amide bonds. The van der Waals surface area contributed by atoms with E-state index >= 15 is 0 Å². The van der Waals surface area contributed by atoms with E-state index in [4.69, 9.17) is 8.83 Å². The lowest BCUT2D eigenvalue weighted by atomic mass is 10.1. The zero-order valence-electron chi connectivity index (χ0n) is 9.68. The molecule has 0 saturated heterocycles. The molecule has 3 nitrogen and oxygen atoms in total. The third-order valence-corrected chi connectivity index (χ3v) is 3.32. The number of benzene rings is 1. The first-order valence-corrected chi connectivity index (χ1v) is 6.37. The van der Waals surface area contributed by atoms with E-state index in [-0.39, 0.29) is 0 Å². The van der Waals surface area contributed by atoms with Crippen molar-refractivity contribution < 1.29 is 13.9 Å². The zero-order chi connectivity index (χ0) is 12.7. The van der Waals surface area contributed by atoms with E-state index in [2.05, 4.69) is 15.9 Å². The van der Waals surface area contributed by atoms with Crippen LogP contribution >= 0.6 is 15.9 Å². The fraction of sp³-hybridized carbons (Fsp3) is 0.143. The number of aliphatic hydroxyl groups is 1. The first kappa shape index (κ1) is 11.6. The number of para-hydroxylation sites is 1. The molecule has 0 bridgehead atoms. The average molecular weight is 307 g/mol. The van der Waals surface area contributed by atoms with Gasteiger partial charge in [0.2, 0.25) is 0 Å². The van der Waals surface area contributed by atoms with Gasteiger partial charge in [-0.2, -0.15) is 0 Å². The number of hydrogen-bond acceptors (Lipinski definition) is 3. The van der Waals surface area contributed by atoms with Crippen molar-refractivity contribution in [2.45, 2.75) is 13.0 Å². The van der Waals surface area contributed by atoms with E-state index in [0.717, 1.165) is 16.5 Å². The first-order chi connectivity index (χ1) is 8.65. The molecule has 0 spiro atoms. The minimum absolute atomic E-state index is 0.457. The molecule has 4 heteroatoms. The number of hydrogen-bond donors (Lipinski definition) is 1. The Bertz CT molecular complexity index is 696. The van der Waals surface area contributed by atoms with Crippen LogP contribution in [0.2, 0.25) is 0 Å². The lowest BCUT2D eigenvalue weighted by Gasteiger charge is -2.02. The number of halogens is 1. The lowest BCUT2D eigenvalue weighted by molar-refractivity contribution is 0.163. The first-order valence-electron chi connectivity index (χ1n) is 5.57. The summed E-state index contributed by atoms with van der Waals surface area (Å²) in [7, 11) is 0. The van der Waals surface area contributed by atoms with E-state index in [1.54, 1.807) is 12.1 Å². The van der Waals surface area contributed by atoms with Crippen LogP contribution in [0.15, 0.2) is 49.9 Å². The van der Waals surface area contributed by atoms with Crippen LogP contribution in [0, 0.1) is 6.92 Å². The van der Waals surface area contributed by atoms with Gasteiger partial charge in [-0.25, -0.2) is 0 Å². The molecule has 0 fully saturated rings. The van der Waals surface area contributed by atoms with E-state index < -0.39 is 6.10 Å². The van der Waals surface area contributed by atoms with Crippen molar-refractivity contribution in [2.75, 3.05) is 0 Å². The Morgan fingerprint density at radius 2 is 1.94 bits per heavy atom. The molecule has 3 aromatic rings. The van der Waals surface area contributed by atoms with Crippen molar-refractivity contribution in [1.82, 2.24) is 0 Å². The molecule has 2 heterocycles. The lowest BCUT2D eigenvalue weighted by Crippen LogP contribution is -1.95. The average Bonchev–Trinajstić information content (AvgIpc) is 2.95. The van der Waals surface area contributed by atoms with Crippen LogP contribution in [0.3, 0.4) is 0 Å². The molecule has 1 unspecified atom stereocenters. The second-order valence-corrected chi connectivity index (χ2v) is 4.97. The zero-order valence-corrected chi connectivity index (χ0v) is 11.3. The van der Waals surface area contributed by atoms with E-state index in [0.29, 0.717) is 16.2 Å². The Kier molecular flexibility index (Phi) is 2.76. The van der Waals surface area contributed by atoms with Crippen molar-refractivity contribution in [3.05, 3.63) is 58.2 Å².